The Bertz CT molecular complexity index is 636. The highest BCUT2D eigenvalue weighted by Gasteiger charge is 2.20. The van der Waals surface area contributed by atoms with E-state index in [1.165, 1.54) is 0 Å². The smallest absolute Gasteiger partial charge is 0.410 e. The molecule has 2 rings (SSSR count). The largest absolute Gasteiger partial charge is 0.444 e. The molecule has 0 atom stereocenters. The van der Waals surface area contributed by atoms with Gasteiger partial charge in [0.05, 0.1) is 13.1 Å². The second-order valence-corrected chi connectivity index (χ2v) is 7.25. The summed E-state index contributed by atoms with van der Waals surface area (Å²) in [6.45, 7) is 6.74. The Kier molecular flexibility index (Phi) is 5.60. The minimum absolute atomic E-state index is 0.327. The summed E-state index contributed by atoms with van der Waals surface area (Å²) in [6.07, 6.45) is 1.47. The van der Waals surface area contributed by atoms with Gasteiger partial charge >= 0.3 is 6.09 Å². The van der Waals surface area contributed by atoms with Crippen molar-refractivity contribution in [1.29, 1.82) is 0 Å². The predicted octanol–water partition coefficient (Wildman–Crippen LogP) is 4.12. The van der Waals surface area contributed by atoms with Crippen molar-refractivity contribution >= 4 is 23.1 Å². The van der Waals surface area contributed by atoms with E-state index in [-0.39, 0.29) is 6.09 Å². The lowest BCUT2D eigenvalue weighted by atomic mass is 10.1. The van der Waals surface area contributed by atoms with Crippen molar-refractivity contribution in [2.45, 2.75) is 39.5 Å². The lowest BCUT2D eigenvalue weighted by molar-refractivity contribution is 0.0285. The minimum Gasteiger partial charge on any atom is -0.444 e. The molecule has 0 aliphatic rings. The molecule has 0 radical (unpaired) electrons. The topological polar surface area (TPSA) is 54.5 Å². The number of thiazole rings is 1. The molecule has 0 saturated heterocycles. The van der Waals surface area contributed by atoms with Crippen LogP contribution in [-0.4, -0.2) is 28.6 Å². The molecular formula is C17H23N3O2S. The molecule has 2 aromatic rings. The first-order valence-electron chi connectivity index (χ1n) is 7.49. The van der Waals surface area contributed by atoms with Gasteiger partial charge in [0.15, 0.2) is 0 Å². The molecule has 6 heteroatoms. The summed E-state index contributed by atoms with van der Waals surface area (Å²) >= 11 is 1.62. The second-order valence-electron chi connectivity index (χ2n) is 6.27. The van der Waals surface area contributed by atoms with Crippen molar-refractivity contribution in [3.05, 3.63) is 46.4 Å². The van der Waals surface area contributed by atoms with E-state index in [0.29, 0.717) is 13.1 Å². The second kappa shape index (κ2) is 7.46. The molecule has 23 heavy (non-hydrogen) atoms. The van der Waals surface area contributed by atoms with Gasteiger partial charge in [-0.1, -0.05) is 18.2 Å². The maximum Gasteiger partial charge on any atom is 0.410 e. The van der Waals surface area contributed by atoms with Gasteiger partial charge in [0.2, 0.25) is 0 Å². The standard InChI is InChI=1S/C17H23N3O2S/c1-17(2,3)22-16(21)20(4)12-13-7-5-6-8-14(13)19-11-15-18-9-10-23-15/h5-10,19H,11-12H2,1-4H3. The highest BCUT2D eigenvalue weighted by atomic mass is 32.1. The molecule has 1 heterocycles. The van der Waals surface area contributed by atoms with E-state index in [1.54, 1.807) is 29.5 Å². The first kappa shape index (κ1) is 17.3. The number of nitrogens with zero attached hydrogens (tertiary/aromatic N) is 2. The fourth-order valence-corrected chi connectivity index (χ4v) is 2.56. The number of para-hydroxylation sites is 1. The summed E-state index contributed by atoms with van der Waals surface area (Å²) in [7, 11) is 1.74. The number of ether oxygens (including phenoxy) is 1. The van der Waals surface area contributed by atoms with Crippen LogP contribution in [0.15, 0.2) is 35.8 Å². The van der Waals surface area contributed by atoms with E-state index in [9.17, 15) is 4.79 Å². The normalized spacial score (nSPS) is 11.1. The Morgan fingerprint density at radius 3 is 2.74 bits per heavy atom. The summed E-state index contributed by atoms with van der Waals surface area (Å²) in [5, 5.41) is 6.36. The molecule has 0 saturated carbocycles. The van der Waals surface area contributed by atoms with Gasteiger partial charge in [-0.15, -0.1) is 11.3 Å². The third-order valence-corrected chi connectivity index (χ3v) is 3.82. The van der Waals surface area contributed by atoms with Crippen LogP contribution in [0.1, 0.15) is 31.3 Å². The van der Waals surface area contributed by atoms with Gasteiger partial charge in [-0.2, -0.15) is 0 Å². The molecule has 0 aliphatic carbocycles. The van der Waals surface area contributed by atoms with Crippen molar-refractivity contribution < 1.29 is 9.53 Å². The van der Waals surface area contributed by atoms with E-state index >= 15 is 0 Å². The SMILES string of the molecule is CN(Cc1ccccc1NCc1nccs1)C(=O)OC(C)(C)C. The Labute approximate surface area is 141 Å². The van der Waals surface area contributed by atoms with Crippen LogP contribution < -0.4 is 5.32 Å². The number of anilines is 1. The number of hydrogen-bond acceptors (Lipinski definition) is 5. The fraction of sp³-hybridized carbons (Fsp3) is 0.412. The van der Waals surface area contributed by atoms with Crippen LogP contribution in [0.3, 0.4) is 0 Å². The van der Waals surface area contributed by atoms with Crippen molar-refractivity contribution in [2.24, 2.45) is 0 Å². The van der Waals surface area contributed by atoms with Gasteiger partial charge in [0, 0.05) is 24.3 Å². The molecule has 1 N–H and O–H groups in total. The van der Waals surface area contributed by atoms with Gasteiger partial charge in [-0.25, -0.2) is 9.78 Å². The third kappa shape index (κ3) is 5.56. The summed E-state index contributed by atoms with van der Waals surface area (Å²) in [5.74, 6) is 0. The zero-order valence-corrected chi connectivity index (χ0v) is 14.8. The van der Waals surface area contributed by atoms with E-state index in [2.05, 4.69) is 10.3 Å². The number of rotatable bonds is 5. The van der Waals surface area contributed by atoms with Gasteiger partial charge in [0.25, 0.3) is 0 Å². The lowest BCUT2D eigenvalue weighted by Crippen LogP contribution is -2.33. The molecular weight excluding hydrogens is 310 g/mol. The van der Waals surface area contributed by atoms with Gasteiger partial charge in [-0.3, -0.25) is 0 Å². The van der Waals surface area contributed by atoms with Crippen LogP contribution in [0.25, 0.3) is 0 Å². The monoisotopic (exact) mass is 333 g/mol. The summed E-state index contributed by atoms with van der Waals surface area (Å²) in [4.78, 5) is 17.9. The summed E-state index contributed by atoms with van der Waals surface area (Å²) < 4.78 is 5.39. The molecule has 5 nitrogen and oxygen atoms in total. The Hall–Kier alpha value is -2.08. The average molecular weight is 333 g/mol. The van der Waals surface area contributed by atoms with E-state index in [4.69, 9.17) is 4.74 Å². The first-order chi connectivity index (χ1) is 10.8. The van der Waals surface area contributed by atoms with Crippen LogP contribution >= 0.6 is 11.3 Å². The molecule has 1 aromatic carbocycles. The Morgan fingerprint density at radius 1 is 1.35 bits per heavy atom. The number of amides is 1. The molecule has 0 bridgehead atoms. The Balaban J connectivity index is 2.00. The number of benzene rings is 1. The molecule has 1 amide bonds. The molecule has 0 fully saturated rings. The van der Waals surface area contributed by atoms with Crippen LogP contribution in [0.2, 0.25) is 0 Å². The maximum atomic E-state index is 12.1. The number of carbonyl (C=O) groups excluding carboxylic acids is 1. The molecule has 0 aliphatic heterocycles. The number of carbonyl (C=O) groups is 1. The first-order valence-corrected chi connectivity index (χ1v) is 8.37. The van der Waals surface area contributed by atoms with Crippen molar-refractivity contribution in [2.75, 3.05) is 12.4 Å². The summed E-state index contributed by atoms with van der Waals surface area (Å²) in [5.41, 5.74) is 1.55. The average Bonchev–Trinajstić information content (AvgIpc) is 2.98. The van der Waals surface area contributed by atoms with Gasteiger partial charge in [0.1, 0.15) is 10.6 Å². The quantitative estimate of drug-likeness (QED) is 0.894. The minimum atomic E-state index is -0.492. The molecule has 124 valence electrons. The highest BCUT2D eigenvalue weighted by Crippen LogP contribution is 2.19. The van der Waals surface area contributed by atoms with Gasteiger partial charge < -0.3 is 15.0 Å². The maximum absolute atomic E-state index is 12.1. The summed E-state index contributed by atoms with van der Waals surface area (Å²) in [6, 6.07) is 7.95. The van der Waals surface area contributed by atoms with Crippen molar-refractivity contribution in [3.63, 3.8) is 0 Å². The number of hydrogen-bond donors (Lipinski definition) is 1. The predicted molar refractivity (Wildman–Crippen MR) is 93.6 cm³/mol. The molecule has 1 aromatic heterocycles. The number of nitrogens with one attached hydrogen (secondary N) is 1. The van der Waals surface area contributed by atoms with E-state index in [1.807, 2.05) is 50.4 Å². The lowest BCUT2D eigenvalue weighted by Gasteiger charge is -2.25. The zero-order valence-electron chi connectivity index (χ0n) is 14.0. The van der Waals surface area contributed by atoms with E-state index in [0.717, 1.165) is 16.3 Å². The zero-order chi connectivity index (χ0) is 16.9. The van der Waals surface area contributed by atoms with Crippen LogP contribution in [0.5, 0.6) is 0 Å². The van der Waals surface area contributed by atoms with Crippen LogP contribution in [-0.2, 0) is 17.8 Å². The van der Waals surface area contributed by atoms with Crippen molar-refractivity contribution in [3.8, 4) is 0 Å². The van der Waals surface area contributed by atoms with E-state index < -0.39 is 5.60 Å². The Morgan fingerprint density at radius 2 is 2.09 bits per heavy atom. The number of aromatic nitrogens is 1. The third-order valence-electron chi connectivity index (χ3n) is 3.04. The molecule has 0 unspecified atom stereocenters. The molecule has 0 spiro atoms. The van der Waals surface area contributed by atoms with Crippen LogP contribution in [0.4, 0.5) is 10.5 Å². The fourth-order valence-electron chi connectivity index (χ4n) is 2.00. The van der Waals surface area contributed by atoms with Crippen molar-refractivity contribution in [1.82, 2.24) is 9.88 Å². The highest BCUT2D eigenvalue weighted by molar-refractivity contribution is 7.09. The van der Waals surface area contributed by atoms with Gasteiger partial charge in [-0.05, 0) is 32.4 Å². The van der Waals surface area contributed by atoms with Crippen LogP contribution in [0, 0.1) is 0 Å².